The van der Waals surface area contributed by atoms with Gasteiger partial charge in [-0.25, -0.2) is 17.7 Å². The Morgan fingerprint density at radius 3 is 2.55 bits per heavy atom. The van der Waals surface area contributed by atoms with Crippen LogP contribution in [0.15, 0.2) is 42.5 Å². The summed E-state index contributed by atoms with van der Waals surface area (Å²) in [5, 5.41) is 3.24. The molecule has 1 aliphatic heterocycles. The fourth-order valence-electron chi connectivity index (χ4n) is 3.87. The van der Waals surface area contributed by atoms with Crippen molar-refractivity contribution < 1.29 is 17.6 Å². The van der Waals surface area contributed by atoms with Crippen LogP contribution in [-0.2, 0) is 15.4 Å². The molecular formula is C22H27ClFN3O3S. The molecule has 3 rings (SSSR count). The van der Waals surface area contributed by atoms with E-state index in [9.17, 15) is 17.6 Å². The summed E-state index contributed by atoms with van der Waals surface area (Å²) in [5.41, 5.74) is 0.194. The van der Waals surface area contributed by atoms with Crippen LogP contribution in [0.1, 0.15) is 48.7 Å². The van der Waals surface area contributed by atoms with Crippen LogP contribution < -0.4 is 5.32 Å². The summed E-state index contributed by atoms with van der Waals surface area (Å²) in [6.07, 6.45) is 2.27. The number of carbonyl (C=O) groups excluding carboxylic acids is 1. The Hall–Kier alpha value is -2.03. The lowest BCUT2D eigenvalue weighted by Gasteiger charge is -2.41. The lowest BCUT2D eigenvalue weighted by molar-refractivity contribution is 0.0932. The first kappa shape index (κ1) is 23.6. The van der Waals surface area contributed by atoms with Gasteiger partial charge in [-0.15, -0.1) is 0 Å². The van der Waals surface area contributed by atoms with E-state index < -0.39 is 21.4 Å². The second-order valence-corrected chi connectivity index (χ2v) is 10.4. The van der Waals surface area contributed by atoms with Gasteiger partial charge in [0.05, 0.1) is 22.0 Å². The van der Waals surface area contributed by atoms with Crippen molar-refractivity contribution in [3.63, 3.8) is 0 Å². The van der Waals surface area contributed by atoms with Crippen molar-refractivity contribution in [2.75, 3.05) is 25.4 Å². The minimum atomic E-state index is -3.33. The molecule has 0 aliphatic carbocycles. The third kappa shape index (κ3) is 5.61. The number of hydrogen-bond donors (Lipinski definition) is 1. The Morgan fingerprint density at radius 2 is 1.90 bits per heavy atom. The molecule has 1 saturated heterocycles. The molecule has 1 N–H and O–H groups in total. The second kappa shape index (κ2) is 10.1. The predicted octanol–water partition coefficient (Wildman–Crippen LogP) is 3.77. The Balaban J connectivity index is 1.80. The van der Waals surface area contributed by atoms with E-state index in [1.54, 1.807) is 36.4 Å². The summed E-state index contributed by atoms with van der Waals surface area (Å²) >= 11 is 6.13. The third-order valence-corrected chi connectivity index (χ3v) is 8.08. The number of nitrogens with zero attached hydrogens (tertiary/aromatic N) is 2. The number of benzene rings is 1. The molecule has 168 valence electrons. The maximum absolute atomic E-state index is 13.9. The van der Waals surface area contributed by atoms with Gasteiger partial charge in [0, 0.05) is 25.0 Å². The summed E-state index contributed by atoms with van der Waals surface area (Å²) in [4.78, 5) is 16.8. The number of unbranched alkanes of at least 4 members (excludes halogenated alkanes) is 1. The summed E-state index contributed by atoms with van der Waals surface area (Å²) in [6.45, 7) is 2.75. The number of rotatable bonds is 8. The van der Waals surface area contributed by atoms with Crippen LogP contribution in [0.25, 0.3) is 0 Å². The zero-order valence-corrected chi connectivity index (χ0v) is 19.1. The smallest absolute Gasteiger partial charge is 0.252 e. The van der Waals surface area contributed by atoms with Gasteiger partial charge in [0.25, 0.3) is 5.91 Å². The number of amides is 1. The maximum atomic E-state index is 13.9. The molecule has 0 unspecified atom stereocenters. The second-order valence-electron chi connectivity index (χ2n) is 7.86. The van der Waals surface area contributed by atoms with Crippen LogP contribution in [0.5, 0.6) is 0 Å². The lowest BCUT2D eigenvalue weighted by Crippen LogP contribution is -2.51. The number of nitrogens with one attached hydrogen (secondary N) is 1. The van der Waals surface area contributed by atoms with Crippen LogP contribution in [0.4, 0.5) is 4.39 Å². The molecule has 0 spiro atoms. The monoisotopic (exact) mass is 467 g/mol. The molecule has 2 heterocycles. The average molecular weight is 468 g/mol. The van der Waals surface area contributed by atoms with E-state index in [2.05, 4.69) is 10.3 Å². The Morgan fingerprint density at radius 1 is 1.19 bits per heavy atom. The number of piperidine rings is 1. The lowest BCUT2D eigenvalue weighted by atomic mass is 9.75. The molecule has 2 aromatic rings. The van der Waals surface area contributed by atoms with Crippen LogP contribution in [0.2, 0.25) is 5.02 Å². The van der Waals surface area contributed by atoms with Gasteiger partial charge < -0.3 is 5.32 Å². The summed E-state index contributed by atoms with van der Waals surface area (Å²) in [7, 11) is -3.33. The van der Waals surface area contributed by atoms with E-state index in [1.165, 1.54) is 10.4 Å². The molecule has 31 heavy (non-hydrogen) atoms. The number of hydrogen-bond acceptors (Lipinski definition) is 4. The largest absolute Gasteiger partial charge is 0.351 e. The highest BCUT2D eigenvalue weighted by Crippen LogP contribution is 2.35. The Labute approximate surface area is 187 Å². The van der Waals surface area contributed by atoms with Crippen molar-refractivity contribution in [3.8, 4) is 0 Å². The first-order valence-corrected chi connectivity index (χ1v) is 12.4. The van der Waals surface area contributed by atoms with E-state index in [4.69, 9.17) is 11.6 Å². The fraction of sp³-hybridized carbons (Fsp3) is 0.455. The van der Waals surface area contributed by atoms with E-state index in [0.717, 1.165) is 6.42 Å². The van der Waals surface area contributed by atoms with Crippen molar-refractivity contribution >= 4 is 27.5 Å². The number of halogens is 2. The van der Waals surface area contributed by atoms with Crippen LogP contribution in [-0.4, -0.2) is 49.0 Å². The number of carbonyl (C=O) groups is 1. The molecule has 1 amide bonds. The van der Waals surface area contributed by atoms with Gasteiger partial charge in [-0.1, -0.05) is 43.1 Å². The van der Waals surface area contributed by atoms with Crippen molar-refractivity contribution in [2.45, 2.75) is 38.0 Å². The quantitative estimate of drug-likeness (QED) is 0.599. The van der Waals surface area contributed by atoms with Crippen molar-refractivity contribution in [1.82, 2.24) is 14.6 Å². The summed E-state index contributed by atoms with van der Waals surface area (Å²) < 4.78 is 40.6. The summed E-state index contributed by atoms with van der Waals surface area (Å²) in [5.74, 6) is -0.815. The average Bonchev–Trinajstić information content (AvgIpc) is 2.77. The molecule has 0 bridgehead atoms. The van der Waals surface area contributed by atoms with Gasteiger partial charge >= 0.3 is 0 Å². The third-order valence-electron chi connectivity index (χ3n) is 5.79. The highest BCUT2D eigenvalue weighted by molar-refractivity contribution is 7.89. The molecule has 0 atom stereocenters. The molecule has 1 aliphatic rings. The first-order valence-electron chi connectivity index (χ1n) is 10.4. The van der Waals surface area contributed by atoms with Gasteiger partial charge in [0.2, 0.25) is 16.0 Å². The van der Waals surface area contributed by atoms with Crippen molar-refractivity contribution in [1.29, 1.82) is 0 Å². The number of pyridine rings is 1. The van der Waals surface area contributed by atoms with E-state index in [1.807, 2.05) is 6.92 Å². The summed E-state index contributed by atoms with van der Waals surface area (Å²) in [6, 6.07) is 11.3. The van der Waals surface area contributed by atoms with E-state index >= 15 is 0 Å². The van der Waals surface area contributed by atoms with E-state index in [0.29, 0.717) is 48.6 Å². The molecule has 1 fully saturated rings. The highest BCUT2D eigenvalue weighted by Gasteiger charge is 2.40. The molecule has 6 nitrogen and oxygen atoms in total. The maximum Gasteiger partial charge on any atom is 0.252 e. The van der Waals surface area contributed by atoms with Gasteiger partial charge in [-0.3, -0.25) is 4.79 Å². The van der Waals surface area contributed by atoms with Gasteiger partial charge in [0.1, 0.15) is 0 Å². The molecule has 0 saturated carbocycles. The van der Waals surface area contributed by atoms with Gasteiger partial charge in [-0.05, 0) is 43.5 Å². The number of aromatic nitrogens is 1. The van der Waals surface area contributed by atoms with Crippen LogP contribution in [0.3, 0.4) is 0 Å². The molecule has 1 aromatic heterocycles. The zero-order valence-electron chi connectivity index (χ0n) is 17.5. The van der Waals surface area contributed by atoms with Gasteiger partial charge in [0.15, 0.2) is 0 Å². The van der Waals surface area contributed by atoms with Crippen LogP contribution >= 0.6 is 11.6 Å². The minimum Gasteiger partial charge on any atom is -0.351 e. The SMILES string of the molecule is CCCCS(=O)(=O)N1CCC(CNC(=O)c2ccccc2Cl)(c2cccc(F)n2)CC1. The molecular weight excluding hydrogens is 441 g/mol. The predicted molar refractivity (Wildman–Crippen MR) is 119 cm³/mol. The molecule has 1 aromatic carbocycles. The Kier molecular flexibility index (Phi) is 7.67. The topological polar surface area (TPSA) is 79.4 Å². The fourth-order valence-corrected chi connectivity index (χ4v) is 5.74. The van der Waals surface area contributed by atoms with Gasteiger partial charge in [-0.2, -0.15) is 4.39 Å². The minimum absolute atomic E-state index is 0.123. The highest BCUT2D eigenvalue weighted by atomic mass is 35.5. The zero-order chi connectivity index (χ0) is 22.5. The van der Waals surface area contributed by atoms with Crippen molar-refractivity contribution in [2.24, 2.45) is 0 Å². The Bertz CT molecular complexity index is 1020. The molecule has 0 radical (unpaired) electrons. The van der Waals surface area contributed by atoms with E-state index in [-0.39, 0.29) is 18.2 Å². The normalized spacial score (nSPS) is 16.7. The standard InChI is InChI=1S/C22H27ClFN3O3S/c1-2-3-15-31(29,30)27-13-11-22(12-14-27,19-9-6-10-20(24)26-19)16-25-21(28)17-7-4-5-8-18(17)23/h4-10H,2-3,11-16H2,1H3,(H,25,28). The van der Waals surface area contributed by atoms with Crippen molar-refractivity contribution in [3.05, 3.63) is 64.7 Å². The van der Waals surface area contributed by atoms with Crippen LogP contribution in [0, 0.1) is 5.95 Å². The first-order chi connectivity index (χ1) is 14.8. The number of sulfonamides is 1. The molecule has 9 heteroatoms.